The van der Waals surface area contributed by atoms with Gasteiger partial charge in [0.25, 0.3) is 7.82 Å². The van der Waals surface area contributed by atoms with Crippen LogP contribution in [0, 0.1) is 5.41 Å². The van der Waals surface area contributed by atoms with Gasteiger partial charge in [-0.15, -0.1) is 0 Å². The lowest BCUT2D eigenvalue weighted by molar-refractivity contribution is -0.239. The van der Waals surface area contributed by atoms with Gasteiger partial charge < -0.3 is 24.4 Å². The minimum absolute atomic E-state index is 0.0947. The van der Waals surface area contributed by atoms with E-state index >= 15 is 0 Å². The molecule has 1 aliphatic rings. The Morgan fingerprint density at radius 1 is 1.28 bits per heavy atom. The average molecular weight is 426 g/mol. The Morgan fingerprint density at radius 2 is 1.97 bits per heavy atom. The maximum absolute atomic E-state index is 12.4. The Kier molecular flexibility index (Phi) is 5.79. The average Bonchev–Trinajstić information content (AvgIpc) is 3.08. The van der Waals surface area contributed by atoms with E-state index in [0.29, 0.717) is 24.0 Å². The van der Waals surface area contributed by atoms with E-state index in [-0.39, 0.29) is 11.2 Å². The van der Waals surface area contributed by atoms with E-state index in [2.05, 4.69) is 35.7 Å². The molecule has 0 saturated carbocycles. The molecular formula is C18H29N5O5P-. The second-order valence-corrected chi connectivity index (χ2v) is 10.8. The topological polar surface area (TPSA) is 137 Å². The van der Waals surface area contributed by atoms with Crippen LogP contribution in [0.2, 0.25) is 0 Å². The molecule has 0 bridgehead atoms. The summed E-state index contributed by atoms with van der Waals surface area (Å²) in [6.45, 7) is 11.1. The molecule has 10 nitrogen and oxygen atoms in total. The van der Waals surface area contributed by atoms with Crippen molar-refractivity contribution in [3.05, 3.63) is 12.7 Å². The van der Waals surface area contributed by atoms with Gasteiger partial charge in [-0.05, 0) is 32.6 Å². The van der Waals surface area contributed by atoms with Crippen molar-refractivity contribution >= 4 is 24.8 Å². The lowest BCUT2D eigenvalue weighted by Crippen LogP contribution is -2.31. The standard InChI is InChI=1S/C18H30N5O5P/c1-17(2,3)8-12-11(27-29(24,25)28-18(4,5)6)7-13(26-12)23-10-22-14-15(19)20-9-21-16(14)23/h9-13H,7-8H2,1-6H3,(H,24,25)(H2,19,20,21)/p-1. The highest BCUT2D eigenvalue weighted by Gasteiger charge is 2.42. The number of aromatic nitrogens is 4. The molecule has 0 spiro atoms. The van der Waals surface area contributed by atoms with E-state index in [0.717, 1.165) is 0 Å². The van der Waals surface area contributed by atoms with Crippen LogP contribution in [0.1, 0.15) is 60.6 Å². The first-order valence-corrected chi connectivity index (χ1v) is 11.0. The van der Waals surface area contributed by atoms with Gasteiger partial charge in [-0.25, -0.2) is 15.0 Å². The van der Waals surface area contributed by atoms with Gasteiger partial charge >= 0.3 is 0 Å². The molecule has 3 rings (SSSR count). The van der Waals surface area contributed by atoms with Gasteiger partial charge in [0.15, 0.2) is 11.5 Å². The number of nitrogens with zero attached hydrogens (tertiary/aromatic N) is 4. The van der Waals surface area contributed by atoms with E-state index < -0.39 is 31.9 Å². The van der Waals surface area contributed by atoms with Gasteiger partial charge in [0.2, 0.25) is 0 Å². The predicted octanol–water partition coefficient (Wildman–Crippen LogP) is 2.80. The van der Waals surface area contributed by atoms with Crippen LogP contribution < -0.4 is 10.6 Å². The summed E-state index contributed by atoms with van der Waals surface area (Å²) in [7, 11) is -4.53. The first-order valence-electron chi connectivity index (χ1n) is 9.53. The SMILES string of the molecule is CC(C)(C)CC1OC(n2cnc3c(N)ncnc32)CC1OP(=O)([O-])OC(C)(C)C. The van der Waals surface area contributed by atoms with Gasteiger partial charge in [0.05, 0.1) is 24.1 Å². The molecular weight excluding hydrogens is 397 g/mol. The number of anilines is 1. The highest BCUT2D eigenvalue weighted by atomic mass is 31.2. The van der Waals surface area contributed by atoms with Crippen LogP contribution >= 0.6 is 7.82 Å². The molecule has 0 aliphatic carbocycles. The fraction of sp³-hybridized carbons (Fsp3) is 0.722. The summed E-state index contributed by atoms with van der Waals surface area (Å²) in [6.07, 6.45) is 2.20. The number of imidazole rings is 1. The number of rotatable bonds is 5. The Balaban J connectivity index is 1.87. The first kappa shape index (κ1) is 22.1. The summed E-state index contributed by atoms with van der Waals surface area (Å²) >= 11 is 0. The summed E-state index contributed by atoms with van der Waals surface area (Å²) in [5, 5.41) is 0. The number of phosphoric acid groups is 1. The normalized spacial score (nSPS) is 25.4. The molecule has 0 aromatic carbocycles. The molecule has 2 aromatic heterocycles. The van der Waals surface area contributed by atoms with Crippen molar-refractivity contribution in [2.75, 3.05) is 5.73 Å². The largest absolute Gasteiger partial charge is 0.756 e. The molecule has 2 N–H and O–H groups in total. The highest BCUT2D eigenvalue weighted by molar-refractivity contribution is 7.45. The van der Waals surface area contributed by atoms with Gasteiger partial charge in [0, 0.05) is 6.42 Å². The monoisotopic (exact) mass is 426 g/mol. The molecule has 4 unspecified atom stereocenters. The van der Waals surface area contributed by atoms with Crippen molar-refractivity contribution in [1.29, 1.82) is 0 Å². The second kappa shape index (κ2) is 7.59. The predicted molar refractivity (Wildman–Crippen MR) is 106 cm³/mol. The maximum atomic E-state index is 12.4. The van der Waals surface area contributed by atoms with E-state index in [1.54, 1.807) is 31.7 Å². The number of phosphoric ester groups is 1. The van der Waals surface area contributed by atoms with E-state index in [9.17, 15) is 9.46 Å². The lowest BCUT2D eigenvalue weighted by Gasteiger charge is -2.34. The lowest BCUT2D eigenvalue weighted by atomic mass is 9.87. The van der Waals surface area contributed by atoms with Crippen LogP contribution in [-0.2, 0) is 18.3 Å². The summed E-state index contributed by atoms with van der Waals surface area (Å²) < 4.78 is 31.0. The minimum Gasteiger partial charge on any atom is -0.756 e. The van der Waals surface area contributed by atoms with Crippen molar-refractivity contribution in [3.8, 4) is 0 Å². The molecule has 3 heterocycles. The smallest absolute Gasteiger partial charge is 0.268 e. The molecule has 29 heavy (non-hydrogen) atoms. The summed E-state index contributed by atoms with van der Waals surface area (Å²) in [4.78, 5) is 24.9. The summed E-state index contributed by atoms with van der Waals surface area (Å²) in [6, 6.07) is 0. The van der Waals surface area contributed by atoms with E-state index in [1.165, 1.54) is 6.33 Å². The Morgan fingerprint density at radius 3 is 2.59 bits per heavy atom. The van der Waals surface area contributed by atoms with Crippen LogP contribution in [0.3, 0.4) is 0 Å². The molecule has 0 amide bonds. The quantitative estimate of drug-likeness (QED) is 0.715. The van der Waals surface area contributed by atoms with Gasteiger partial charge in [0.1, 0.15) is 18.1 Å². The third-order valence-electron chi connectivity index (χ3n) is 4.34. The zero-order chi connectivity index (χ0) is 21.6. The number of nitrogen functional groups attached to an aromatic ring is 1. The van der Waals surface area contributed by atoms with Crippen LogP contribution in [0.25, 0.3) is 11.2 Å². The highest BCUT2D eigenvalue weighted by Crippen LogP contribution is 2.49. The maximum Gasteiger partial charge on any atom is 0.268 e. The minimum atomic E-state index is -4.53. The zero-order valence-corrected chi connectivity index (χ0v) is 18.6. The molecule has 1 aliphatic heterocycles. The van der Waals surface area contributed by atoms with E-state index in [1.807, 2.05) is 0 Å². The first-order chi connectivity index (χ1) is 13.2. The van der Waals surface area contributed by atoms with Crippen molar-refractivity contribution in [1.82, 2.24) is 19.5 Å². The summed E-state index contributed by atoms with van der Waals surface area (Å²) in [5.74, 6) is 0.272. The Hall–Kier alpha value is -1.58. The Labute approximate surface area is 170 Å². The van der Waals surface area contributed by atoms with Gasteiger partial charge in [-0.1, -0.05) is 20.8 Å². The van der Waals surface area contributed by atoms with Crippen LogP contribution in [-0.4, -0.2) is 37.3 Å². The van der Waals surface area contributed by atoms with Crippen molar-refractivity contribution in [2.24, 2.45) is 5.41 Å². The van der Waals surface area contributed by atoms with E-state index in [4.69, 9.17) is 19.5 Å². The number of nitrogens with two attached hydrogens (primary N) is 1. The third-order valence-corrected chi connectivity index (χ3v) is 5.64. The van der Waals surface area contributed by atoms with Gasteiger partial charge in [-0.3, -0.25) is 9.13 Å². The summed E-state index contributed by atoms with van der Waals surface area (Å²) in [5.41, 5.74) is 5.87. The molecule has 2 aromatic rings. The second-order valence-electron chi connectivity index (χ2n) is 9.51. The number of fused-ring (bicyclic) bond motifs is 1. The third kappa shape index (κ3) is 5.52. The number of hydrogen-bond donors (Lipinski definition) is 1. The van der Waals surface area contributed by atoms with Gasteiger partial charge in [-0.2, -0.15) is 0 Å². The number of ether oxygens (including phenoxy) is 1. The molecule has 1 saturated heterocycles. The molecule has 4 atom stereocenters. The van der Waals surface area contributed by atoms with Crippen LogP contribution in [0.4, 0.5) is 5.82 Å². The van der Waals surface area contributed by atoms with Crippen LogP contribution in [0.15, 0.2) is 12.7 Å². The van der Waals surface area contributed by atoms with Crippen molar-refractivity contribution in [2.45, 2.75) is 78.4 Å². The van der Waals surface area contributed by atoms with Crippen LogP contribution in [0.5, 0.6) is 0 Å². The molecule has 162 valence electrons. The molecule has 0 radical (unpaired) electrons. The van der Waals surface area contributed by atoms with Crippen molar-refractivity contribution < 1.29 is 23.2 Å². The zero-order valence-electron chi connectivity index (χ0n) is 17.7. The fourth-order valence-corrected chi connectivity index (χ4v) is 4.64. The Bertz CT molecular complexity index is 919. The fourth-order valence-electron chi connectivity index (χ4n) is 3.37. The molecule has 1 fully saturated rings. The van der Waals surface area contributed by atoms with Crippen molar-refractivity contribution in [3.63, 3.8) is 0 Å². The number of hydrogen-bond acceptors (Lipinski definition) is 9. The molecule has 11 heteroatoms.